The molecule has 21 heavy (non-hydrogen) atoms. The first-order valence-corrected chi connectivity index (χ1v) is 6.69. The Morgan fingerprint density at radius 1 is 1.14 bits per heavy atom. The van der Waals surface area contributed by atoms with Gasteiger partial charge < -0.3 is 9.84 Å². The van der Waals surface area contributed by atoms with Crippen molar-refractivity contribution in [3.8, 4) is 5.75 Å². The fourth-order valence-electron chi connectivity index (χ4n) is 2.06. The maximum absolute atomic E-state index is 12.8. The van der Waals surface area contributed by atoms with Gasteiger partial charge >= 0.3 is 6.18 Å². The summed E-state index contributed by atoms with van der Waals surface area (Å²) in [5.41, 5.74) is -0.181. The van der Waals surface area contributed by atoms with Gasteiger partial charge in [-0.15, -0.1) is 0 Å². The van der Waals surface area contributed by atoms with Gasteiger partial charge in [-0.1, -0.05) is 38.1 Å². The van der Waals surface area contributed by atoms with Gasteiger partial charge in [0.15, 0.2) is 6.10 Å². The van der Waals surface area contributed by atoms with Gasteiger partial charge in [0.2, 0.25) is 0 Å². The highest BCUT2D eigenvalue weighted by atomic mass is 19.4. The number of ether oxygens (including phenoxy) is 1. The van der Waals surface area contributed by atoms with Gasteiger partial charge in [0.05, 0.1) is 6.61 Å². The molecule has 2 rings (SSSR count). The maximum Gasteiger partial charge on any atom is 0.418 e. The van der Waals surface area contributed by atoms with E-state index in [1.54, 1.807) is 30.3 Å². The third kappa shape index (κ3) is 3.67. The summed E-state index contributed by atoms with van der Waals surface area (Å²) in [5.74, 6) is 0.591. The van der Waals surface area contributed by atoms with Crippen molar-refractivity contribution in [1.82, 2.24) is 0 Å². The Bertz CT molecular complexity index is 620. The molecule has 1 N–H and O–H groups in total. The van der Waals surface area contributed by atoms with Gasteiger partial charge in [-0.2, -0.15) is 13.2 Å². The molecule has 0 saturated carbocycles. The highest BCUT2D eigenvalue weighted by Gasteiger charge is 2.40. The monoisotopic (exact) mass is 298 g/mol. The third-order valence-electron chi connectivity index (χ3n) is 3.06. The molecule has 0 bridgehead atoms. The molecule has 2 aromatic rings. The minimum absolute atomic E-state index is 0.181. The van der Waals surface area contributed by atoms with Gasteiger partial charge in [0.25, 0.3) is 0 Å². The second-order valence-electron chi connectivity index (χ2n) is 5.38. The molecule has 0 aromatic heterocycles. The van der Waals surface area contributed by atoms with E-state index in [4.69, 9.17) is 4.74 Å². The largest absolute Gasteiger partial charge is 0.493 e. The minimum Gasteiger partial charge on any atom is -0.493 e. The Kier molecular flexibility index (Phi) is 4.42. The van der Waals surface area contributed by atoms with Crippen molar-refractivity contribution < 1.29 is 23.0 Å². The summed E-state index contributed by atoms with van der Waals surface area (Å²) in [6.45, 7) is 4.30. The van der Waals surface area contributed by atoms with Gasteiger partial charge in [-0.05, 0) is 28.8 Å². The van der Waals surface area contributed by atoms with Crippen molar-refractivity contribution in [3.05, 3.63) is 42.0 Å². The second kappa shape index (κ2) is 5.93. The Morgan fingerprint density at radius 3 is 2.43 bits per heavy atom. The molecule has 0 fully saturated rings. The van der Waals surface area contributed by atoms with E-state index in [9.17, 15) is 18.3 Å². The molecule has 0 saturated heterocycles. The molecule has 0 radical (unpaired) electrons. The van der Waals surface area contributed by atoms with Crippen LogP contribution < -0.4 is 4.74 Å². The molecule has 1 atom stereocenters. The summed E-state index contributed by atoms with van der Waals surface area (Å²) in [6.07, 6.45) is -7.23. The summed E-state index contributed by atoms with van der Waals surface area (Å²) in [4.78, 5) is 0. The lowest BCUT2D eigenvalue weighted by molar-refractivity contribution is -0.206. The topological polar surface area (TPSA) is 29.5 Å². The molecule has 0 spiro atoms. The van der Waals surface area contributed by atoms with Crippen LogP contribution in [-0.4, -0.2) is 17.9 Å². The van der Waals surface area contributed by atoms with E-state index in [0.717, 1.165) is 0 Å². The van der Waals surface area contributed by atoms with E-state index >= 15 is 0 Å². The van der Waals surface area contributed by atoms with Crippen LogP contribution in [0.2, 0.25) is 0 Å². The molecule has 2 nitrogen and oxygen atoms in total. The van der Waals surface area contributed by atoms with Crippen molar-refractivity contribution in [2.45, 2.75) is 26.1 Å². The lowest BCUT2D eigenvalue weighted by Gasteiger charge is -2.19. The maximum atomic E-state index is 12.8. The Hall–Kier alpha value is -1.75. The van der Waals surface area contributed by atoms with Gasteiger partial charge in [-0.25, -0.2) is 0 Å². The van der Waals surface area contributed by atoms with Crippen LogP contribution in [0.15, 0.2) is 36.4 Å². The number of aliphatic hydroxyl groups excluding tert-OH is 1. The first-order valence-electron chi connectivity index (χ1n) is 6.69. The van der Waals surface area contributed by atoms with E-state index in [-0.39, 0.29) is 11.5 Å². The summed E-state index contributed by atoms with van der Waals surface area (Å²) >= 11 is 0. The predicted molar refractivity (Wildman–Crippen MR) is 75.3 cm³/mol. The number of fused-ring (bicyclic) bond motifs is 1. The zero-order valence-electron chi connectivity index (χ0n) is 11.8. The molecule has 0 aliphatic heterocycles. The number of hydrogen-bond donors (Lipinski definition) is 1. The van der Waals surface area contributed by atoms with E-state index in [2.05, 4.69) is 0 Å². The van der Waals surface area contributed by atoms with Crippen LogP contribution in [0.5, 0.6) is 5.75 Å². The fraction of sp³-hybridized carbons (Fsp3) is 0.375. The number of halogens is 3. The van der Waals surface area contributed by atoms with Crippen LogP contribution >= 0.6 is 0 Å². The van der Waals surface area contributed by atoms with Crippen LogP contribution in [0.3, 0.4) is 0 Å². The first kappa shape index (κ1) is 15.6. The number of alkyl halides is 3. The first-order chi connectivity index (χ1) is 9.79. The number of hydrogen-bond acceptors (Lipinski definition) is 2. The van der Waals surface area contributed by atoms with Crippen molar-refractivity contribution >= 4 is 10.8 Å². The predicted octanol–water partition coefficient (Wildman–Crippen LogP) is 4.47. The van der Waals surface area contributed by atoms with Crippen LogP contribution in [0.4, 0.5) is 13.2 Å². The average molecular weight is 298 g/mol. The molecule has 0 aliphatic carbocycles. The number of aliphatic hydroxyl groups is 1. The molecule has 2 aromatic carbocycles. The summed E-state index contributed by atoms with van der Waals surface area (Å²) in [5, 5.41) is 10.6. The zero-order valence-corrected chi connectivity index (χ0v) is 11.8. The average Bonchev–Trinajstić information content (AvgIpc) is 2.42. The number of benzene rings is 2. The normalized spacial score (nSPS) is 13.7. The quantitative estimate of drug-likeness (QED) is 0.902. The van der Waals surface area contributed by atoms with Crippen LogP contribution in [0.1, 0.15) is 25.5 Å². The van der Waals surface area contributed by atoms with E-state index < -0.39 is 12.3 Å². The Morgan fingerprint density at radius 2 is 1.81 bits per heavy atom. The smallest absolute Gasteiger partial charge is 0.418 e. The molecular weight excluding hydrogens is 281 g/mol. The summed E-state index contributed by atoms with van der Waals surface area (Å²) in [7, 11) is 0. The van der Waals surface area contributed by atoms with Crippen molar-refractivity contribution in [3.63, 3.8) is 0 Å². The van der Waals surface area contributed by atoms with E-state index in [0.29, 0.717) is 23.1 Å². The summed E-state index contributed by atoms with van der Waals surface area (Å²) in [6, 6.07) is 9.59. The molecule has 0 aliphatic rings. The molecular formula is C16H17F3O2. The lowest BCUT2D eigenvalue weighted by atomic mass is 9.99. The molecule has 0 amide bonds. The lowest BCUT2D eigenvalue weighted by Crippen LogP contribution is -2.20. The molecule has 1 unspecified atom stereocenters. The van der Waals surface area contributed by atoms with Gasteiger partial charge in [-0.3, -0.25) is 0 Å². The van der Waals surface area contributed by atoms with E-state index in [1.807, 2.05) is 13.8 Å². The number of rotatable bonds is 4. The molecule has 0 heterocycles. The van der Waals surface area contributed by atoms with Gasteiger partial charge in [0, 0.05) is 5.56 Å². The van der Waals surface area contributed by atoms with Crippen LogP contribution in [0.25, 0.3) is 10.8 Å². The van der Waals surface area contributed by atoms with Crippen molar-refractivity contribution in [1.29, 1.82) is 0 Å². The van der Waals surface area contributed by atoms with Crippen molar-refractivity contribution in [2.24, 2.45) is 5.92 Å². The standard InChI is InChI=1S/C16H17F3O2/c1-10(2)9-21-12-7-11-5-3-4-6-13(11)14(8-12)15(20)16(17,18)19/h3-8,10,15,20H,9H2,1-2H3. The Labute approximate surface area is 121 Å². The minimum atomic E-state index is -4.71. The van der Waals surface area contributed by atoms with Crippen LogP contribution in [-0.2, 0) is 0 Å². The highest BCUT2D eigenvalue weighted by molar-refractivity contribution is 5.87. The SMILES string of the molecule is CC(C)COc1cc(C(O)C(F)(F)F)c2ccccc2c1. The van der Waals surface area contributed by atoms with E-state index in [1.165, 1.54) is 6.07 Å². The van der Waals surface area contributed by atoms with Crippen molar-refractivity contribution in [2.75, 3.05) is 6.61 Å². The molecule has 5 heteroatoms. The zero-order chi connectivity index (χ0) is 15.6. The van der Waals surface area contributed by atoms with Gasteiger partial charge in [0.1, 0.15) is 5.75 Å². The fourth-order valence-corrected chi connectivity index (χ4v) is 2.06. The Balaban J connectivity index is 2.50. The summed E-state index contributed by atoms with van der Waals surface area (Å²) < 4.78 is 44.0. The molecule has 114 valence electrons. The second-order valence-corrected chi connectivity index (χ2v) is 5.38. The van der Waals surface area contributed by atoms with Crippen LogP contribution in [0, 0.1) is 5.92 Å². The highest BCUT2D eigenvalue weighted by Crippen LogP contribution is 2.38. The third-order valence-corrected chi connectivity index (χ3v) is 3.06.